The second-order valence-corrected chi connectivity index (χ2v) is 11.5. The summed E-state index contributed by atoms with van der Waals surface area (Å²) in [5.41, 5.74) is 6.00. The van der Waals surface area contributed by atoms with E-state index in [1.165, 1.54) is 0 Å². The number of nitrogens with two attached hydrogens (primary N) is 1. The molecule has 0 aliphatic heterocycles. The molecule has 4 nitrogen and oxygen atoms in total. The lowest BCUT2D eigenvalue weighted by atomic mass is 9.44. The number of fused-ring (bicyclic) bond motifs is 5. The summed E-state index contributed by atoms with van der Waals surface area (Å²) >= 11 is 0. The van der Waals surface area contributed by atoms with Crippen molar-refractivity contribution < 1.29 is 14.9 Å². The molecule has 4 aliphatic carbocycles. The lowest BCUT2D eigenvalue weighted by Crippen LogP contribution is -2.63. The Balaban J connectivity index is 1.43. The summed E-state index contributed by atoms with van der Waals surface area (Å²) in [6.07, 6.45) is 11.0. The molecule has 7 atom stereocenters. The molecule has 32 heavy (non-hydrogen) atoms. The van der Waals surface area contributed by atoms with Gasteiger partial charge in [0.2, 0.25) is 0 Å². The van der Waals surface area contributed by atoms with E-state index >= 15 is 0 Å². The van der Waals surface area contributed by atoms with Crippen molar-refractivity contribution in [1.29, 1.82) is 0 Å². The fraction of sp³-hybridized carbons (Fsp3) is 0.714. The van der Waals surface area contributed by atoms with Crippen LogP contribution in [0.15, 0.2) is 42.0 Å². The summed E-state index contributed by atoms with van der Waals surface area (Å²) in [6, 6.07) is 10.1. The van der Waals surface area contributed by atoms with Crippen LogP contribution in [0, 0.1) is 22.7 Å². The fourth-order valence-corrected chi connectivity index (χ4v) is 8.31. The molecule has 1 aromatic carbocycles. The first-order valence-electron chi connectivity index (χ1n) is 12.8. The van der Waals surface area contributed by atoms with E-state index < -0.39 is 16.6 Å². The molecule has 0 bridgehead atoms. The van der Waals surface area contributed by atoms with Gasteiger partial charge in [0.25, 0.3) is 0 Å². The first kappa shape index (κ1) is 22.6. The van der Waals surface area contributed by atoms with Crippen molar-refractivity contribution in [2.75, 3.05) is 13.2 Å². The van der Waals surface area contributed by atoms with Crippen molar-refractivity contribution in [3.05, 3.63) is 47.5 Å². The Labute approximate surface area is 193 Å². The monoisotopic (exact) mass is 439 g/mol. The van der Waals surface area contributed by atoms with Crippen LogP contribution in [0.2, 0.25) is 0 Å². The molecule has 0 heterocycles. The van der Waals surface area contributed by atoms with E-state index in [2.05, 4.69) is 19.9 Å². The van der Waals surface area contributed by atoms with Gasteiger partial charge in [-0.2, -0.15) is 0 Å². The lowest BCUT2D eigenvalue weighted by Gasteiger charge is -2.62. The standard InChI is InChI=1S/C28H41NO3/c1-25-13-11-22(32-18-6-17-29)19-21(25)9-10-24-23(25)12-14-26(2)27(30,15-16-28(24,26)31)20-7-4-3-5-8-20/h3-5,7-8,19,22-24,30-31H,6,9-18,29H2,1-2H3/t22?,23-,24-,25+,26-,27?,28-/m1/s1. The van der Waals surface area contributed by atoms with E-state index in [1.54, 1.807) is 5.57 Å². The molecule has 4 heteroatoms. The number of hydrogen-bond donors (Lipinski definition) is 3. The topological polar surface area (TPSA) is 75.7 Å². The maximum absolute atomic E-state index is 12.3. The van der Waals surface area contributed by atoms with E-state index in [4.69, 9.17) is 10.5 Å². The predicted octanol–water partition coefficient (Wildman–Crippen LogP) is 4.69. The molecule has 3 fully saturated rings. The first-order valence-corrected chi connectivity index (χ1v) is 12.8. The number of aliphatic hydroxyl groups is 2. The third-order valence-electron chi connectivity index (χ3n) is 10.3. The Hall–Kier alpha value is -1.20. The van der Waals surface area contributed by atoms with Gasteiger partial charge in [-0.3, -0.25) is 0 Å². The van der Waals surface area contributed by atoms with Crippen LogP contribution in [0.1, 0.15) is 77.2 Å². The van der Waals surface area contributed by atoms with Crippen LogP contribution in [-0.2, 0) is 10.3 Å². The number of allylic oxidation sites excluding steroid dienone is 1. The summed E-state index contributed by atoms with van der Waals surface area (Å²) in [7, 11) is 0. The van der Waals surface area contributed by atoms with E-state index in [0.717, 1.165) is 57.1 Å². The van der Waals surface area contributed by atoms with Gasteiger partial charge in [-0.25, -0.2) is 0 Å². The molecular weight excluding hydrogens is 398 g/mol. The van der Waals surface area contributed by atoms with Gasteiger partial charge in [-0.05, 0) is 87.1 Å². The van der Waals surface area contributed by atoms with E-state index in [1.807, 2.05) is 30.3 Å². The van der Waals surface area contributed by atoms with Gasteiger partial charge < -0.3 is 20.7 Å². The Morgan fingerprint density at radius 1 is 0.969 bits per heavy atom. The first-order chi connectivity index (χ1) is 15.3. The van der Waals surface area contributed by atoms with Crippen molar-refractivity contribution >= 4 is 0 Å². The van der Waals surface area contributed by atoms with Gasteiger partial charge in [-0.1, -0.05) is 55.8 Å². The molecule has 5 rings (SSSR count). The lowest BCUT2D eigenvalue weighted by molar-refractivity contribution is -0.222. The summed E-state index contributed by atoms with van der Waals surface area (Å²) in [5.74, 6) is 0.722. The highest BCUT2D eigenvalue weighted by atomic mass is 16.5. The molecule has 1 aromatic rings. The van der Waals surface area contributed by atoms with Crippen molar-refractivity contribution in [1.82, 2.24) is 0 Å². The smallest absolute Gasteiger partial charge is 0.0978 e. The largest absolute Gasteiger partial charge is 0.389 e. The Kier molecular flexibility index (Phi) is 5.60. The molecule has 4 aliphatic rings. The average molecular weight is 440 g/mol. The Morgan fingerprint density at radius 2 is 1.75 bits per heavy atom. The zero-order chi connectivity index (χ0) is 22.6. The van der Waals surface area contributed by atoms with Crippen LogP contribution in [0.4, 0.5) is 0 Å². The maximum atomic E-state index is 12.3. The van der Waals surface area contributed by atoms with Gasteiger partial charge in [0, 0.05) is 12.0 Å². The second kappa shape index (κ2) is 7.94. The zero-order valence-corrected chi connectivity index (χ0v) is 19.9. The number of benzene rings is 1. The molecular formula is C28H41NO3. The van der Waals surface area contributed by atoms with Crippen LogP contribution in [-0.4, -0.2) is 35.1 Å². The highest BCUT2D eigenvalue weighted by molar-refractivity contribution is 5.34. The minimum atomic E-state index is -0.959. The maximum Gasteiger partial charge on any atom is 0.0978 e. The van der Waals surface area contributed by atoms with Crippen molar-refractivity contribution in [2.45, 2.75) is 88.9 Å². The number of rotatable bonds is 5. The van der Waals surface area contributed by atoms with E-state index in [-0.39, 0.29) is 17.4 Å². The molecule has 0 radical (unpaired) electrons. The van der Waals surface area contributed by atoms with E-state index in [9.17, 15) is 10.2 Å². The summed E-state index contributed by atoms with van der Waals surface area (Å²) in [6.45, 7) is 6.02. The minimum absolute atomic E-state index is 0.140. The summed E-state index contributed by atoms with van der Waals surface area (Å²) < 4.78 is 6.10. The minimum Gasteiger partial charge on any atom is -0.389 e. The molecule has 0 spiro atoms. The zero-order valence-electron chi connectivity index (χ0n) is 19.9. The van der Waals surface area contributed by atoms with Gasteiger partial charge in [0.05, 0.1) is 17.3 Å². The Bertz CT molecular complexity index is 871. The van der Waals surface area contributed by atoms with Crippen LogP contribution < -0.4 is 5.73 Å². The van der Waals surface area contributed by atoms with Gasteiger partial charge in [-0.15, -0.1) is 0 Å². The average Bonchev–Trinajstić information content (AvgIpc) is 3.02. The quantitative estimate of drug-likeness (QED) is 0.460. The molecule has 3 saturated carbocycles. The van der Waals surface area contributed by atoms with Crippen molar-refractivity contribution in [2.24, 2.45) is 28.4 Å². The SMILES string of the molecule is C[C@]12CCC(OCCCN)C=C1CC[C@@H]1[C@H]2CC[C@]2(C)C(O)(c3ccccc3)CC[C@@]12O. The molecule has 4 N–H and O–H groups in total. The highest BCUT2D eigenvalue weighted by Gasteiger charge is 2.71. The second-order valence-electron chi connectivity index (χ2n) is 11.5. The molecule has 0 amide bonds. The van der Waals surface area contributed by atoms with Crippen LogP contribution in [0.5, 0.6) is 0 Å². The number of hydrogen-bond acceptors (Lipinski definition) is 4. The highest BCUT2D eigenvalue weighted by Crippen LogP contribution is 2.71. The molecule has 0 aromatic heterocycles. The van der Waals surface area contributed by atoms with Crippen LogP contribution >= 0.6 is 0 Å². The third kappa shape index (κ3) is 3.02. The summed E-state index contributed by atoms with van der Waals surface area (Å²) in [5, 5.41) is 24.4. The molecule has 2 unspecified atom stereocenters. The van der Waals surface area contributed by atoms with Gasteiger partial charge in [0.1, 0.15) is 0 Å². The fourth-order valence-electron chi connectivity index (χ4n) is 8.31. The third-order valence-corrected chi connectivity index (χ3v) is 10.3. The van der Waals surface area contributed by atoms with Crippen molar-refractivity contribution in [3.8, 4) is 0 Å². The molecule has 0 saturated heterocycles. The molecule has 176 valence electrons. The normalized spacial score (nSPS) is 45.5. The predicted molar refractivity (Wildman–Crippen MR) is 127 cm³/mol. The van der Waals surface area contributed by atoms with Gasteiger partial charge >= 0.3 is 0 Å². The van der Waals surface area contributed by atoms with E-state index in [0.29, 0.717) is 25.3 Å². The number of ether oxygens (including phenoxy) is 1. The Morgan fingerprint density at radius 3 is 2.50 bits per heavy atom. The van der Waals surface area contributed by atoms with Crippen LogP contribution in [0.25, 0.3) is 0 Å². The van der Waals surface area contributed by atoms with Crippen molar-refractivity contribution in [3.63, 3.8) is 0 Å². The summed E-state index contributed by atoms with van der Waals surface area (Å²) in [4.78, 5) is 0. The van der Waals surface area contributed by atoms with Crippen LogP contribution in [0.3, 0.4) is 0 Å². The van der Waals surface area contributed by atoms with Gasteiger partial charge in [0.15, 0.2) is 0 Å².